The van der Waals surface area contributed by atoms with Crippen molar-refractivity contribution in [2.75, 3.05) is 33.0 Å². The van der Waals surface area contributed by atoms with Crippen LogP contribution in [0.5, 0.6) is 0 Å². The first-order valence-electron chi connectivity index (χ1n) is 7.97. The Morgan fingerprint density at radius 1 is 0.800 bits per heavy atom. The van der Waals surface area contributed by atoms with Gasteiger partial charge < -0.3 is 55.1 Å². The van der Waals surface area contributed by atoms with E-state index in [2.05, 4.69) is 0 Å². The van der Waals surface area contributed by atoms with Gasteiger partial charge in [-0.05, 0) is 0 Å². The van der Waals surface area contributed by atoms with Gasteiger partial charge in [0.2, 0.25) is 5.79 Å². The molecule has 0 aromatic carbocycles. The monoisotopic (exact) mass is 382 g/mol. The van der Waals surface area contributed by atoms with Crippen LogP contribution in [0.3, 0.4) is 0 Å². The lowest BCUT2D eigenvalue weighted by Gasteiger charge is -2.40. The van der Waals surface area contributed by atoms with E-state index in [1.165, 1.54) is 0 Å². The first-order valence-corrected chi connectivity index (χ1v) is 7.97. The molecule has 9 atom stereocenters. The van der Waals surface area contributed by atoms with Crippen LogP contribution in [0.2, 0.25) is 0 Å². The molecule has 8 N–H and O–H groups in total. The van der Waals surface area contributed by atoms with Crippen molar-refractivity contribution in [1.29, 1.82) is 0 Å². The average molecular weight is 382 g/mol. The van der Waals surface area contributed by atoms with Gasteiger partial charge in [0, 0.05) is 5.92 Å². The van der Waals surface area contributed by atoms with Gasteiger partial charge in [-0.25, -0.2) is 0 Å². The minimum absolute atomic E-state index is 0.205. The van der Waals surface area contributed by atoms with Gasteiger partial charge in [-0.3, -0.25) is 0 Å². The van der Waals surface area contributed by atoms with Gasteiger partial charge in [0.1, 0.15) is 36.6 Å². The van der Waals surface area contributed by atoms with Gasteiger partial charge in [-0.15, -0.1) is 0 Å². The third-order valence-electron chi connectivity index (χ3n) is 4.69. The van der Waals surface area contributed by atoms with Crippen LogP contribution in [-0.2, 0) is 14.2 Å². The van der Waals surface area contributed by atoms with E-state index in [4.69, 9.17) is 24.4 Å². The molecule has 0 radical (unpaired) electrons. The zero-order valence-corrected chi connectivity index (χ0v) is 13.5. The molecule has 0 aromatic rings. The van der Waals surface area contributed by atoms with Crippen LogP contribution in [0.15, 0.2) is 0 Å². The van der Waals surface area contributed by atoms with Gasteiger partial charge in [0.25, 0.3) is 0 Å². The van der Waals surface area contributed by atoms with Crippen molar-refractivity contribution in [1.82, 2.24) is 0 Å². The van der Waals surface area contributed by atoms with Crippen molar-refractivity contribution in [2.24, 2.45) is 5.92 Å². The fourth-order valence-corrected chi connectivity index (χ4v) is 3.10. The molecule has 2 fully saturated rings. The summed E-state index contributed by atoms with van der Waals surface area (Å²) in [6.45, 7) is -2.40. The molecule has 0 spiro atoms. The Balaban J connectivity index is 1.91. The minimum atomic E-state index is -2.20. The number of rotatable bonds is 7. The predicted molar refractivity (Wildman–Crippen MR) is 78.1 cm³/mol. The summed E-state index contributed by atoms with van der Waals surface area (Å²) in [7, 11) is 0. The van der Waals surface area contributed by atoms with E-state index >= 15 is 0 Å². The number of hydrogen-bond acceptors (Lipinski definition) is 11. The fourth-order valence-electron chi connectivity index (χ4n) is 3.10. The molecule has 2 aliphatic rings. The minimum Gasteiger partial charge on any atom is -0.394 e. The third kappa shape index (κ3) is 4.12. The highest BCUT2D eigenvalue weighted by Crippen LogP contribution is 2.34. The van der Waals surface area contributed by atoms with Gasteiger partial charge in [-0.2, -0.15) is 0 Å². The predicted octanol–water partition coefficient (Wildman–Crippen LogP) is -5.11. The Bertz CT molecular complexity index is 422. The molecular weight excluding hydrogens is 356 g/mol. The van der Waals surface area contributed by atoms with Crippen LogP contribution in [0.25, 0.3) is 0 Å². The topological polar surface area (TPSA) is 190 Å². The summed E-state index contributed by atoms with van der Waals surface area (Å²) >= 11 is 0. The highest BCUT2D eigenvalue weighted by molar-refractivity contribution is 4.95. The van der Waals surface area contributed by atoms with E-state index in [9.17, 15) is 30.6 Å². The molecule has 0 saturated carbocycles. The quantitative estimate of drug-likeness (QED) is 0.197. The molecule has 0 bridgehead atoms. The second-order valence-electron chi connectivity index (χ2n) is 6.36. The van der Waals surface area contributed by atoms with Gasteiger partial charge in [0.15, 0.2) is 0 Å². The maximum atomic E-state index is 10.0. The highest BCUT2D eigenvalue weighted by Gasteiger charge is 2.53. The van der Waals surface area contributed by atoms with Gasteiger partial charge >= 0.3 is 0 Å². The highest BCUT2D eigenvalue weighted by atomic mass is 16.9. The molecule has 2 rings (SSSR count). The summed E-state index contributed by atoms with van der Waals surface area (Å²) in [6.07, 6.45) is -9.03. The summed E-state index contributed by atoms with van der Waals surface area (Å²) in [4.78, 5) is 0. The molecule has 11 heteroatoms. The number of ether oxygens (including phenoxy) is 3. The van der Waals surface area contributed by atoms with E-state index in [-0.39, 0.29) is 13.2 Å². The first kappa shape index (κ1) is 20.9. The lowest BCUT2D eigenvalue weighted by atomic mass is 10.7. The first-order chi connectivity index (χ1) is 11.8. The van der Waals surface area contributed by atoms with E-state index in [1.54, 1.807) is 0 Å². The SMILES string of the molecule is O[13CH2][13C@H]1O[13C@@H](COC[13C@@H]2[13C@@H]([13CH2]O)O[13C@](O)([13CH2]O)[13C@H]2O)[13C@@H](O)[13C@@H](O)[13C@H]1O. The van der Waals surface area contributed by atoms with Crippen molar-refractivity contribution >= 4 is 0 Å². The molecule has 11 nitrogen and oxygen atoms in total. The van der Waals surface area contributed by atoms with E-state index in [0.29, 0.717) is 0 Å². The van der Waals surface area contributed by atoms with Crippen LogP contribution in [0.1, 0.15) is 0 Å². The average Bonchev–Trinajstić information content (AvgIpc) is 2.86. The standard InChI is InChI=1S/C14H26O11/c15-1-7-6(13(21)14(22,5-17)25-7)3-23-4-9-11(19)12(20)10(18)8(2-16)24-9/h6-13,15-22H,1-5H2/t6-,7-,8-,9+,10+,11-,12+,13+,14-/m1/s1/i1+1,2+1,5+1,6+1,7+1,8+1,9+1,10+1,11+1,12+1,13+1,14+1. The fraction of sp³-hybridized carbons (Fsp3) is 1.00. The zero-order valence-electron chi connectivity index (χ0n) is 13.5. The molecule has 0 amide bonds. The normalized spacial score (nSPS) is 48.0. The van der Waals surface area contributed by atoms with Gasteiger partial charge in [-0.1, -0.05) is 0 Å². The Hall–Kier alpha value is -0.440. The number of hydrogen-bond donors (Lipinski definition) is 8. The zero-order chi connectivity index (χ0) is 18.8. The van der Waals surface area contributed by atoms with Crippen LogP contribution < -0.4 is 0 Å². The summed E-state index contributed by atoms with van der Waals surface area (Å²) in [5, 5.41) is 76.8. The summed E-state index contributed by atoms with van der Waals surface area (Å²) in [6, 6.07) is 0. The van der Waals surface area contributed by atoms with Crippen LogP contribution in [-0.4, -0.2) is 122 Å². The summed E-state index contributed by atoms with van der Waals surface area (Å²) in [5.74, 6) is -3.06. The largest absolute Gasteiger partial charge is 0.394 e. The molecule has 2 saturated heterocycles. The van der Waals surface area contributed by atoms with Crippen molar-refractivity contribution in [2.45, 2.75) is 48.5 Å². The van der Waals surface area contributed by atoms with E-state index < -0.39 is 74.3 Å². The van der Waals surface area contributed by atoms with Crippen LogP contribution in [0.4, 0.5) is 0 Å². The lowest BCUT2D eigenvalue weighted by molar-refractivity contribution is -0.248. The van der Waals surface area contributed by atoms with Crippen molar-refractivity contribution < 1.29 is 55.1 Å². The Morgan fingerprint density at radius 2 is 1.40 bits per heavy atom. The summed E-state index contributed by atoms with van der Waals surface area (Å²) < 4.78 is 15.7. The Kier molecular flexibility index (Phi) is 7.09. The number of aliphatic hydroxyl groups is 8. The maximum absolute atomic E-state index is 10.0. The molecule has 0 unspecified atom stereocenters. The van der Waals surface area contributed by atoms with Gasteiger partial charge in [0.05, 0.1) is 39.1 Å². The molecule has 2 heterocycles. The molecule has 0 aromatic heterocycles. The van der Waals surface area contributed by atoms with Crippen molar-refractivity contribution in [3.63, 3.8) is 0 Å². The molecular formula is C14H26O11. The molecule has 0 aliphatic carbocycles. The Morgan fingerprint density at radius 3 is 1.96 bits per heavy atom. The summed E-state index contributed by atoms with van der Waals surface area (Å²) in [5.41, 5.74) is 0. The molecule has 148 valence electrons. The van der Waals surface area contributed by atoms with Crippen LogP contribution >= 0.6 is 0 Å². The van der Waals surface area contributed by atoms with Crippen molar-refractivity contribution in [3.05, 3.63) is 0 Å². The lowest BCUT2D eigenvalue weighted by Crippen LogP contribution is -2.59. The van der Waals surface area contributed by atoms with E-state index in [0.717, 1.165) is 0 Å². The maximum Gasteiger partial charge on any atom is 0.216 e. The second-order valence-corrected chi connectivity index (χ2v) is 6.36. The Labute approximate surface area is 143 Å². The van der Waals surface area contributed by atoms with E-state index in [1.807, 2.05) is 0 Å². The number of aliphatic hydroxyl groups excluding tert-OH is 7. The van der Waals surface area contributed by atoms with Crippen molar-refractivity contribution in [3.8, 4) is 0 Å². The van der Waals surface area contributed by atoms with Crippen LogP contribution in [0, 0.1) is 5.92 Å². The second kappa shape index (κ2) is 8.50. The third-order valence-corrected chi connectivity index (χ3v) is 4.69. The molecule has 25 heavy (non-hydrogen) atoms. The molecule has 2 aliphatic heterocycles. The smallest absolute Gasteiger partial charge is 0.216 e.